The Morgan fingerprint density at radius 2 is 1.86 bits per heavy atom. The number of halogens is 5. The van der Waals surface area contributed by atoms with Gasteiger partial charge in [0.2, 0.25) is 0 Å². The number of alkyl halides is 3. The van der Waals surface area contributed by atoms with E-state index in [4.69, 9.17) is 11.6 Å². The monoisotopic (exact) mass is 314 g/mol. The molecular weight excluding hydrogens is 308 g/mol. The molecule has 0 aliphatic rings. The van der Waals surface area contributed by atoms with Crippen molar-refractivity contribution >= 4 is 17.2 Å². The molecule has 0 saturated carbocycles. The second-order valence-electron chi connectivity index (χ2n) is 4.39. The van der Waals surface area contributed by atoms with Crippen LogP contribution < -0.4 is 0 Å². The highest BCUT2D eigenvalue weighted by molar-refractivity contribution is 6.30. The van der Waals surface area contributed by atoms with Crippen molar-refractivity contribution in [2.24, 2.45) is 0 Å². The van der Waals surface area contributed by atoms with Gasteiger partial charge in [-0.25, -0.2) is 9.37 Å². The number of hydrogen-bond donors (Lipinski definition) is 0. The largest absolute Gasteiger partial charge is 0.431 e. The van der Waals surface area contributed by atoms with Gasteiger partial charge in [-0.15, -0.1) is 0 Å². The number of hydrogen-bond acceptors (Lipinski definition) is 1. The highest BCUT2D eigenvalue weighted by atomic mass is 35.5. The van der Waals surface area contributed by atoms with Crippen LogP contribution in [0.1, 0.15) is 5.69 Å². The summed E-state index contributed by atoms with van der Waals surface area (Å²) in [7, 11) is 0. The molecule has 0 fully saturated rings. The molecule has 2 heterocycles. The van der Waals surface area contributed by atoms with Crippen molar-refractivity contribution in [1.82, 2.24) is 9.38 Å². The fourth-order valence-corrected chi connectivity index (χ4v) is 2.23. The zero-order valence-corrected chi connectivity index (χ0v) is 11.1. The van der Waals surface area contributed by atoms with Crippen LogP contribution in [0.3, 0.4) is 0 Å². The lowest BCUT2D eigenvalue weighted by Gasteiger charge is -2.08. The Kier molecular flexibility index (Phi) is 3.13. The Labute approximate surface area is 121 Å². The third-order valence-electron chi connectivity index (χ3n) is 2.99. The first-order valence-electron chi connectivity index (χ1n) is 5.87. The minimum Gasteiger partial charge on any atom is -0.295 e. The number of pyridine rings is 1. The van der Waals surface area contributed by atoms with Crippen molar-refractivity contribution in [2.45, 2.75) is 6.18 Å². The van der Waals surface area contributed by atoms with E-state index in [0.717, 1.165) is 22.7 Å². The number of aromatic nitrogens is 2. The lowest BCUT2D eigenvalue weighted by Crippen LogP contribution is -2.10. The minimum absolute atomic E-state index is 0.0918. The number of rotatable bonds is 1. The van der Waals surface area contributed by atoms with E-state index in [1.807, 2.05) is 0 Å². The van der Waals surface area contributed by atoms with E-state index in [0.29, 0.717) is 0 Å². The Hall–Kier alpha value is -2.08. The summed E-state index contributed by atoms with van der Waals surface area (Å²) in [4.78, 5) is 4.03. The molecule has 7 heteroatoms. The summed E-state index contributed by atoms with van der Waals surface area (Å²) in [5.74, 6) is -0.639. The summed E-state index contributed by atoms with van der Waals surface area (Å²) in [6.45, 7) is 0. The number of nitrogens with zero attached hydrogens (tertiary/aromatic N) is 2. The fraction of sp³-hybridized carbons (Fsp3) is 0.0714. The molecule has 1 aromatic carbocycles. The molecule has 0 unspecified atom stereocenters. The normalized spacial score (nSPS) is 12.0. The molecule has 2 nitrogen and oxygen atoms in total. The first kappa shape index (κ1) is 13.9. The van der Waals surface area contributed by atoms with E-state index in [1.165, 1.54) is 24.3 Å². The molecule has 21 heavy (non-hydrogen) atoms. The standard InChI is InChI=1S/C14H7ClF4N2/c15-8-4-5-9(10(16)6-8)11-7-21-12(14(17,18)19)2-1-3-13(21)20-11/h1-7H. The molecule has 2 aromatic heterocycles. The predicted molar refractivity (Wildman–Crippen MR) is 70.6 cm³/mol. The number of fused-ring (bicyclic) bond motifs is 1. The first-order valence-corrected chi connectivity index (χ1v) is 6.25. The molecule has 0 bridgehead atoms. The summed E-state index contributed by atoms with van der Waals surface area (Å²) in [5, 5.41) is 0.205. The van der Waals surface area contributed by atoms with Crippen molar-refractivity contribution < 1.29 is 17.6 Å². The third-order valence-corrected chi connectivity index (χ3v) is 3.22. The highest BCUT2D eigenvalue weighted by Gasteiger charge is 2.33. The van der Waals surface area contributed by atoms with E-state index in [9.17, 15) is 17.6 Å². The molecule has 0 aliphatic carbocycles. The Balaban J connectivity index is 2.22. The van der Waals surface area contributed by atoms with Gasteiger partial charge in [0.25, 0.3) is 0 Å². The Bertz CT molecular complexity index is 823. The van der Waals surface area contributed by atoms with Gasteiger partial charge >= 0.3 is 6.18 Å². The molecular formula is C14H7ClF4N2. The number of benzene rings is 1. The molecule has 0 N–H and O–H groups in total. The van der Waals surface area contributed by atoms with Gasteiger partial charge in [-0.05, 0) is 30.3 Å². The first-order chi connectivity index (χ1) is 9.86. The molecule has 0 amide bonds. The van der Waals surface area contributed by atoms with Crippen LogP contribution in [-0.4, -0.2) is 9.38 Å². The van der Waals surface area contributed by atoms with Crippen LogP contribution in [-0.2, 0) is 6.18 Å². The maximum atomic E-state index is 13.8. The third kappa shape index (κ3) is 2.47. The van der Waals surface area contributed by atoms with Gasteiger partial charge in [0.1, 0.15) is 17.2 Å². The Morgan fingerprint density at radius 3 is 2.52 bits per heavy atom. The van der Waals surface area contributed by atoms with Gasteiger partial charge in [-0.3, -0.25) is 4.40 Å². The average Bonchev–Trinajstić information content (AvgIpc) is 2.80. The summed E-state index contributed by atoms with van der Waals surface area (Å²) in [6, 6.07) is 7.54. The van der Waals surface area contributed by atoms with Crippen LogP contribution >= 0.6 is 11.6 Å². The molecule has 0 radical (unpaired) electrons. The van der Waals surface area contributed by atoms with Crippen molar-refractivity contribution in [1.29, 1.82) is 0 Å². The van der Waals surface area contributed by atoms with Crippen LogP contribution in [0.4, 0.5) is 17.6 Å². The van der Waals surface area contributed by atoms with E-state index in [2.05, 4.69) is 4.98 Å². The maximum Gasteiger partial charge on any atom is 0.431 e. The average molecular weight is 315 g/mol. The smallest absolute Gasteiger partial charge is 0.295 e. The zero-order valence-electron chi connectivity index (χ0n) is 10.3. The van der Waals surface area contributed by atoms with Crippen LogP contribution in [0.25, 0.3) is 16.9 Å². The highest BCUT2D eigenvalue weighted by Crippen LogP contribution is 2.31. The van der Waals surface area contributed by atoms with E-state index in [-0.39, 0.29) is 21.9 Å². The van der Waals surface area contributed by atoms with Crippen LogP contribution in [0.2, 0.25) is 5.02 Å². The van der Waals surface area contributed by atoms with Crippen LogP contribution in [0.15, 0.2) is 42.6 Å². The molecule has 0 spiro atoms. The van der Waals surface area contributed by atoms with Crippen LogP contribution in [0, 0.1) is 5.82 Å². The minimum atomic E-state index is -4.52. The lowest BCUT2D eigenvalue weighted by atomic mass is 10.1. The van der Waals surface area contributed by atoms with Gasteiger partial charge in [-0.1, -0.05) is 17.7 Å². The molecule has 3 rings (SSSR count). The second-order valence-corrected chi connectivity index (χ2v) is 4.82. The van der Waals surface area contributed by atoms with Gasteiger partial charge in [0, 0.05) is 16.8 Å². The molecule has 0 atom stereocenters. The van der Waals surface area contributed by atoms with Crippen molar-refractivity contribution in [3.8, 4) is 11.3 Å². The van der Waals surface area contributed by atoms with E-state index in [1.54, 1.807) is 0 Å². The summed E-state index contributed by atoms with van der Waals surface area (Å²) < 4.78 is 53.5. The number of imidazole rings is 1. The molecule has 0 aliphatic heterocycles. The lowest BCUT2D eigenvalue weighted by molar-refractivity contribution is -0.142. The maximum absolute atomic E-state index is 13.8. The van der Waals surface area contributed by atoms with Crippen molar-refractivity contribution in [2.75, 3.05) is 0 Å². The van der Waals surface area contributed by atoms with Gasteiger partial charge < -0.3 is 0 Å². The second kappa shape index (κ2) is 4.73. The summed E-state index contributed by atoms with van der Waals surface area (Å²) in [5.41, 5.74) is -0.570. The molecule has 108 valence electrons. The van der Waals surface area contributed by atoms with E-state index >= 15 is 0 Å². The predicted octanol–water partition coefficient (Wildman–Crippen LogP) is 4.81. The SMILES string of the molecule is Fc1cc(Cl)ccc1-c1cn2c(C(F)(F)F)cccc2n1. The van der Waals surface area contributed by atoms with E-state index < -0.39 is 17.7 Å². The van der Waals surface area contributed by atoms with Crippen molar-refractivity contribution in [3.05, 3.63) is 59.1 Å². The van der Waals surface area contributed by atoms with Gasteiger partial charge in [-0.2, -0.15) is 13.2 Å². The Morgan fingerprint density at radius 1 is 1.10 bits per heavy atom. The van der Waals surface area contributed by atoms with Gasteiger partial charge in [0.15, 0.2) is 0 Å². The fourth-order valence-electron chi connectivity index (χ4n) is 2.07. The van der Waals surface area contributed by atoms with Gasteiger partial charge in [0.05, 0.1) is 5.69 Å². The summed E-state index contributed by atoms with van der Waals surface area (Å²) in [6.07, 6.45) is -3.36. The topological polar surface area (TPSA) is 17.3 Å². The zero-order chi connectivity index (χ0) is 15.2. The van der Waals surface area contributed by atoms with Crippen LogP contribution in [0.5, 0.6) is 0 Å². The molecule has 3 aromatic rings. The summed E-state index contributed by atoms with van der Waals surface area (Å²) >= 11 is 5.65. The quantitative estimate of drug-likeness (QED) is 0.589. The molecule has 0 saturated heterocycles. The van der Waals surface area contributed by atoms with Crippen molar-refractivity contribution in [3.63, 3.8) is 0 Å².